The highest BCUT2D eigenvalue weighted by Gasteiger charge is 2.33. The normalized spacial score (nSPS) is 24.5. The smallest absolute Gasteiger partial charge is 0.265 e. The molecule has 0 saturated heterocycles. The molecule has 4 rings (SSSR count). The Morgan fingerprint density at radius 1 is 1.25 bits per heavy atom. The first-order chi connectivity index (χ1) is 15.4. The lowest BCUT2D eigenvalue weighted by molar-refractivity contribution is -0.126. The van der Waals surface area contributed by atoms with Crippen molar-refractivity contribution in [3.8, 4) is 11.6 Å². The van der Waals surface area contributed by atoms with Crippen LogP contribution in [-0.4, -0.2) is 32.2 Å². The van der Waals surface area contributed by atoms with Crippen molar-refractivity contribution in [2.75, 3.05) is 6.54 Å². The van der Waals surface area contributed by atoms with Crippen LogP contribution in [0.4, 0.5) is 0 Å². The van der Waals surface area contributed by atoms with Crippen molar-refractivity contribution in [1.29, 1.82) is 0 Å². The van der Waals surface area contributed by atoms with E-state index in [0.29, 0.717) is 35.5 Å². The van der Waals surface area contributed by atoms with E-state index in [0.717, 1.165) is 37.9 Å². The molecule has 0 aliphatic heterocycles. The Morgan fingerprint density at radius 3 is 2.72 bits per heavy atom. The third-order valence-corrected chi connectivity index (χ3v) is 7.50. The van der Waals surface area contributed by atoms with Crippen LogP contribution < -0.4 is 5.32 Å². The summed E-state index contributed by atoms with van der Waals surface area (Å²) in [5.41, 5.74) is 2.19. The fourth-order valence-corrected chi connectivity index (χ4v) is 5.45. The van der Waals surface area contributed by atoms with Crippen LogP contribution in [0.25, 0.3) is 11.6 Å². The van der Waals surface area contributed by atoms with Gasteiger partial charge in [-0.3, -0.25) is 4.79 Å². The van der Waals surface area contributed by atoms with Crippen LogP contribution in [0.2, 0.25) is 0 Å². The topological polar surface area (TPSA) is 85.8 Å². The van der Waals surface area contributed by atoms with Gasteiger partial charge < -0.3 is 14.3 Å². The predicted octanol–water partition coefficient (Wildman–Crippen LogP) is 4.56. The largest absolute Gasteiger partial charge is 0.419 e. The van der Waals surface area contributed by atoms with Gasteiger partial charge in [0.05, 0.1) is 12.5 Å². The summed E-state index contributed by atoms with van der Waals surface area (Å²) in [4.78, 5) is 16.8. The van der Waals surface area contributed by atoms with E-state index in [9.17, 15) is 4.79 Å². The van der Waals surface area contributed by atoms with Gasteiger partial charge in [-0.15, -0.1) is 10.2 Å². The van der Waals surface area contributed by atoms with E-state index in [4.69, 9.17) is 4.42 Å². The molecule has 0 aromatic carbocycles. The van der Waals surface area contributed by atoms with Gasteiger partial charge in [0.1, 0.15) is 5.69 Å². The van der Waals surface area contributed by atoms with Crippen molar-refractivity contribution in [1.82, 2.24) is 25.1 Å². The number of aryl methyl sites for hydroxylation is 1. The lowest BCUT2D eigenvalue weighted by Gasteiger charge is -2.37. The Morgan fingerprint density at radius 2 is 2.03 bits per heavy atom. The van der Waals surface area contributed by atoms with Crippen molar-refractivity contribution >= 4 is 5.91 Å². The minimum Gasteiger partial charge on any atom is -0.419 e. The Hall–Kier alpha value is -2.44. The highest BCUT2D eigenvalue weighted by Crippen LogP contribution is 2.39. The molecule has 0 bridgehead atoms. The van der Waals surface area contributed by atoms with Crippen LogP contribution >= 0.6 is 0 Å². The summed E-state index contributed by atoms with van der Waals surface area (Å²) in [6.45, 7) is 7.53. The quantitative estimate of drug-likeness (QED) is 0.639. The van der Waals surface area contributed by atoms with Gasteiger partial charge in [-0.2, -0.15) is 0 Å². The molecule has 7 nitrogen and oxygen atoms in total. The first-order valence-electron chi connectivity index (χ1n) is 12.2. The zero-order valence-electron chi connectivity index (χ0n) is 19.9. The van der Waals surface area contributed by atoms with Gasteiger partial charge in [0.2, 0.25) is 11.8 Å². The van der Waals surface area contributed by atoms with Crippen molar-refractivity contribution in [2.45, 2.75) is 65.7 Å². The molecule has 2 heterocycles. The molecular weight excluding hydrogens is 402 g/mol. The van der Waals surface area contributed by atoms with Crippen LogP contribution in [0.5, 0.6) is 0 Å². The molecule has 1 N–H and O–H groups in total. The average Bonchev–Trinajstić information content (AvgIpc) is 3.42. The second kappa shape index (κ2) is 10.0. The summed E-state index contributed by atoms with van der Waals surface area (Å²) < 4.78 is 7.84. The van der Waals surface area contributed by atoms with E-state index in [-0.39, 0.29) is 11.8 Å². The van der Waals surface area contributed by atoms with Crippen LogP contribution in [0.15, 0.2) is 28.6 Å². The van der Waals surface area contributed by atoms with Crippen LogP contribution in [0, 0.1) is 29.6 Å². The van der Waals surface area contributed by atoms with Crippen LogP contribution in [0.1, 0.15) is 65.2 Å². The molecule has 1 saturated carbocycles. The molecule has 3 atom stereocenters. The molecule has 1 amide bonds. The zero-order chi connectivity index (χ0) is 22.7. The standard InChI is InChI=1S/C25H37N5O2/c1-16(2)21-11-19(12-23-28-29-25(32-23)22-14-26-15-30(22)4)17(3)10-20(21)13-27-24(31)18-8-6-5-7-9-18/h10,14-16,18-21H,5-9,11-13H2,1-4H3,(H,27,31). The summed E-state index contributed by atoms with van der Waals surface area (Å²) >= 11 is 0. The van der Waals surface area contributed by atoms with Gasteiger partial charge in [-0.05, 0) is 49.9 Å². The van der Waals surface area contributed by atoms with Crippen molar-refractivity contribution in [3.05, 3.63) is 30.1 Å². The number of amides is 1. The van der Waals surface area contributed by atoms with Gasteiger partial charge in [0.25, 0.3) is 5.89 Å². The molecule has 32 heavy (non-hydrogen) atoms. The van der Waals surface area contributed by atoms with Crippen molar-refractivity contribution < 1.29 is 9.21 Å². The second-order valence-corrected chi connectivity index (χ2v) is 10.1. The highest BCUT2D eigenvalue weighted by atomic mass is 16.4. The van der Waals surface area contributed by atoms with Gasteiger partial charge >= 0.3 is 0 Å². The fraction of sp³-hybridized carbons (Fsp3) is 0.680. The number of carbonyl (C=O) groups is 1. The molecule has 0 radical (unpaired) electrons. The van der Waals surface area contributed by atoms with Gasteiger partial charge in [0, 0.05) is 25.9 Å². The lowest BCUT2D eigenvalue weighted by Crippen LogP contribution is -2.39. The second-order valence-electron chi connectivity index (χ2n) is 10.1. The Labute approximate surface area is 191 Å². The maximum atomic E-state index is 12.7. The molecule has 2 aliphatic carbocycles. The number of carbonyl (C=O) groups excluding carboxylic acids is 1. The van der Waals surface area contributed by atoms with Crippen LogP contribution in [-0.2, 0) is 18.3 Å². The minimum absolute atomic E-state index is 0.216. The van der Waals surface area contributed by atoms with E-state index in [2.05, 4.69) is 47.3 Å². The maximum absolute atomic E-state index is 12.7. The molecule has 7 heteroatoms. The third-order valence-electron chi connectivity index (χ3n) is 7.50. The van der Waals surface area contributed by atoms with E-state index in [1.165, 1.54) is 24.8 Å². The van der Waals surface area contributed by atoms with Gasteiger partial charge in [-0.1, -0.05) is 44.8 Å². The monoisotopic (exact) mass is 439 g/mol. The van der Waals surface area contributed by atoms with E-state index in [1.807, 2.05) is 11.6 Å². The van der Waals surface area contributed by atoms with Crippen molar-refractivity contribution in [3.63, 3.8) is 0 Å². The molecule has 2 aliphatic rings. The highest BCUT2D eigenvalue weighted by molar-refractivity contribution is 5.78. The Bertz CT molecular complexity index is 938. The molecule has 2 aromatic rings. The van der Waals surface area contributed by atoms with Gasteiger partial charge in [0.15, 0.2) is 0 Å². The van der Waals surface area contributed by atoms with Crippen molar-refractivity contribution in [2.24, 2.45) is 36.6 Å². The molecular formula is C25H37N5O2. The molecule has 174 valence electrons. The summed E-state index contributed by atoms with van der Waals surface area (Å²) in [6, 6.07) is 0. The Kier molecular flexibility index (Phi) is 7.11. The summed E-state index contributed by atoms with van der Waals surface area (Å²) in [7, 11) is 1.92. The first kappa shape index (κ1) is 22.7. The molecule has 3 unspecified atom stereocenters. The SMILES string of the molecule is CC1=CC(CNC(=O)C2CCCCC2)C(C(C)C)CC1Cc1nnc(-c2cncn2C)o1. The van der Waals surface area contributed by atoms with Gasteiger partial charge in [-0.25, -0.2) is 4.98 Å². The predicted molar refractivity (Wildman–Crippen MR) is 123 cm³/mol. The number of imidazole rings is 1. The minimum atomic E-state index is 0.216. The molecule has 2 aromatic heterocycles. The van der Waals surface area contributed by atoms with E-state index >= 15 is 0 Å². The number of allylic oxidation sites excluding steroid dienone is 1. The third kappa shape index (κ3) is 5.13. The Balaban J connectivity index is 1.40. The summed E-state index contributed by atoms with van der Waals surface area (Å²) in [5, 5.41) is 11.8. The number of rotatable bonds is 7. The maximum Gasteiger partial charge on any atom is 0.265 e. The number of hydrogen-bond donors (Lipinski definition) is 1. The van der Waals surface area contributed by atoms with Crippen LogP contribution in [0.3, 0.4) is 0 Å². The number of hydrogen-bond acceptors (Lipinski definition) is 5. The zero-order valence-corrected chi connectivity index (χ0v) is 19.9. The van der Waals surface area contributed by atoms with E-state index in [1.54, 1.807) is 12.5 Å². The lowest BCUT2D eigenvalue weighted by atomic mass is 9.70. The molecule has 0 spiro atoms. The fourth-order valence-electron chi connectivity index (χ4n) is 5.45. The number of nitrogens with zero attached hydrogens (tertiary/aromatic N) is 4. The summed E-state index contributed by atoms with van der Waals surface area (Å²) in [5.74, 6) is 3.49. The average molecular weight is 440 g/mol. The number of nitrogens with one attached hydrogen (secondary N) is 1. The first-order valence-corrected chi connectivity index (χ1v) is 12.2. The molecule has 1 fully saturated rings. The van der Waals surface area contributed by atoms with E-state index < -0.39 is 0 Å². The number of aromatic nitrogens is 4. The summed E-state index contributed by atoms with van der Waals surface area (Å²) in [6.07, 6.45) is 13.4.